The van der Waals surface area contributed by atoms with Crippen LogP contribution in [0.25, 0.3) is 0 Å². The first-order chi connectivity index (χ1) is 9.71. The molecule has 0 aromatic carbocycles. The second kappa shape index (κ2) is 5.70. The fraction of sp³-hybridized carbons (Fsp3) is 0.727. The van der Waals surface area contributed by atoms with Crippen molar-refractivity contribution < 1.29 is 22.8 Å². The highest BCUT2D eigenvalue weighted by Crippen LogP contribution is 2.13. The Bertz CT molecular complexity index is 575. The molecular weight excluding hydrogens is 300 g/mol. The van der Waals surface area contributed by atoms with E-state index < -0.39 is 27.9 Å². The molecule has 2 aliphatic heterocycles. The highest BCUT2D eigenvalue weighted by Gasteiger charge is 2.42. The fourth-order valence-electron chi connectivity index (χ4n) is 2.36. The highest BCUT2D eigenvalue weighted by molar-refractivity contribution is 7.88. The molecule has 0 N–H and O–H groups in total. The van der Waals surface area contributed by atoms with E-state index in [1.165, 1.54) is 11.4 Å². The van der Waals surface area contributed by atoms with Crippen molar-refractivity contribution in [1.82, 2.24) is 19.0 Å². The number of hydrogen-bond donors (Lipinski definition) is 0. The molecule has 0 aromatic heterocycles. The minimum Gasteiger partial charge on any atom is -0.284 e. The zero-order chi connectivity index (χ0) is 15.8. The van der Waals surface area contributed by atoms with Gasteiger partial charge in [-0.05, 0) is 6.42 Å². The van der Waals surface area contributed by atoms with Crippen LogP contribution < -0.4 is 0 Å². The monoisotopic (exact) mass is 318 g/mol. The lowest BCUT2D eigenvalue weighted by Gasteiger charge is -2.24. The van der Waals surface area contributed by atoms with Gasteiger partial charge in [-0.25, -0.2) is 22.4 Å². The average Bonchev–Trinajstić information content (AvgIpc) is 2.63. The van der Waals surface area contributed by atoms with E-state index in [0.717, 1.165) is 16.1 Å². The molecule has 2 rings (SSSR count). The molecule has 2 heterocycles. The molecule has 0 atom stereocenters. The van der Waals surface area contributed by atoms with Crippen molar-refractivity contribution in [3.63, 3.8) is 0 Å². The van der Waals surface area contributed by atoms with Crippen molar-refractivity contribution in [2.24, 2.45) is 0 Å². The number of carbonyl (C=O) groups is 3. The maximum Gasteiger partial charge on any atom is 0.335 e. The summed E-state index contributed by atoms with van der Waals surface area (Å²) in [6.07, 6.45) is 1.76. The Hall–Kier alpha value is -1.52. The van der Waals surface area contributed by atoms with E-state index in [0.29, 0.717) is 32.6 Å². The number of urea groups is 1. The minimum absolute atomic E-state index is 0.00531. The normalized spacial score (nSPS) is 23.0. The summed E-state index contributed by atoms with van der Waals surface area (Å²) in [4.78, 5) is 38.4. The van der Waals surface area contributed by atoms with Crippen molar-refractivity contribution in [2.75, 3.05) is 46.2 Å². The molecule has 0 unspecified atom stereocenters. The second-order valence-electron chi connectivity index (χ2n) is 5.15. The number of likely N-dealkylation sites (N-methyl/N-ethyl adjacent to an activating group) is 1. The van der Waals surface area contributed by atoms with Gasteiger partial charge in [0.25, 0.3) is 0 Å². The molecule has 0 radical (unpaired) electrons. The molecule has 0 aliphatic carbocycles. The number of nitrogens with zero attached hydrogens (tertiary/aromatic N) is 4. The smallest absolute Gasteiger partial charge is 0.284 e. The van der Waals surface area contributed by atoms with Gasteiger partial charge in [0.2, 0.25) is 10.0 Å². The van der Waals surface area contributed by atoms with Crippen LogP contribution >= 0.6 is 0 Å². The molecule has 0 aromatic rings. The Kier molecular flexibility index (Phi) is 4.30. The molecule has 0 bridgehead atoms. The number of sulfonamides is 1. The van der Waals surface area contributed by atoms with Gasteiger partial charge in [-0.2, -0.15) is 0 Å². The van der Waals surface area contributed by atoms with E-state index in [-0.39, 0.29) is 6.67 Å². The van der Waals surface area contributed by atoms with Crippen molar-refractivity contribution >= 4 is 27.9 Å². The van der Waals surface area contributed by atoms with Gasteiger partial charge < -0.3 is 0 Å². The van der Waals surface area contributed by atoms with Gasteiger partial charge in [0.15, 0.2) is 0 Å². The van der Waals surface area contributed by atoms with Crippen LogP contribution in [0, 0.1) is 0 Å². The standard InChI is InChI=1S/C11H18N4O5S/c1-12-9(16)10(17)15(11(12)18)8-13-4-3-5-14(7-6-13)21(2,19)20/h3-8H2,1-2H3. The number of rotatable bonds is 3. The van der Waals surface area contributed by atoms with Crippen LogP contribution in [-0.4, -0.2) is 91.4 Å². The van der Waals surface area contributed by atoms with Crippen molar-refractivity contribution in [3.8, 4) is 0 Å². The van der Waals surface area contributed by atoms with Gasteiger partial charge in [0, 0.05) is 33.2 Å². The van der Waals surface area contributed by atoms with Gasteiger partial charge in [-0.1, -0.05) is 0 Å². The van der Waals surface area contributed by atoms with Crippen molar-refractivity contribution in [1.29, 1.82) is 0 Å². The van der Waals surface area contributed by atoms with Gasteiger partial charge in [0.05, 0.1) is 12.9 Å². The van der Waals surface area contributed by atoms with Crippen LogP contribution in [0.15, 0.2) is 0 Å². The van der Waals surface area contributed by atoms with Gasteiger partial charge in [-0.3, -0.25) is 19.4 Å². The van der Waals surface area contributed by atoms with Crippen LogP contribution in [-0.2, 0) is 19.6 Å². The Morgan fingerprint density at radius 1 is 1.00 bits per heavy atom. The SMILES string of the molecule is CN1C(=O)C(=O)N(CN2CCCN(S(C)(=O)=O)CC2)C1=O. The lowest BCUT2D eigenvalue weighted by Crippen LogP contribution is -2.43. The van der Waals surface area contributed by atoms with E-state index in [4.69, 9.17) is 0 Å². The maximum atomic E-state index is 11.8. The van der Waals surface area contributed by atoms with Crippen molar-refractivity contribution in [3.05, 3.63) is 0 Å². The first-order valence-electron chi connectivity index (χ1n) is 6.53. The molecule has 2 fully saturated rings. The van der Waals surface area contributed by atoms with Crippen LogP contribution in [0.2, 0.25) is 0 Å². The number of amides is 4. The second-order valence-corrected chi connectivity index (χ2v) is 7.14. The fourth-order valence-corrected chi connectivity index (χ4v) is 3.23. The van der Waals surface area contributed by atoms with Crippen LogP contribution in [0.3, 0.4) is 0 Å². The predicted octanol–water partition coefficient (Wildman–Crippen LogP) is -1.67. The molecule has 9 nitrogen and oxygen atoms in total. The van der Waals surface area contributed by atoms with E-state index in [1.54, 1.807) is 4.90 Å². The van der Waals surface area contributed by atoms with Crippen LogP contribution in [0.4, 0.5) is 4.79 Å². The van der Waals surface area contributed by atoms with Gasteiger partial charge in [0.1, 0.15) is 0 Å². The highest BCUT2D eigenvalue weighted by atomic mass is 32.2. The summed E-state index contributed by atoms with van der Waals surface area (Å²) in [7, 11) is -1.98. The van der Waals surface area contributed by atoms with Gasteiger partial charge >= 0.3 is 17.8 Å². The molecule has 118 valence electrons. The molecule has 0 spiro atoms. The molecule has 2 aliphatic rings. The summed E-state index contributed by atoms with van der Waals surface area (Å²) in [5, 5.41) is 0. The lowest BCUT2D eigenvalue weighted by molar-refractivity contribution is -0.143. The summed E-state index contributed by atoms with van der Waals surface area (Å²) in [5.41, 5.74) is 0. The average molecular weight is 318 g/mol. The van der Waals surface area contributed by atoms with Gasteiger partial charge in [-0.15, -0.1) is 0 Å². The molecule has 4 amide bonds. The third kappa shape index (κ3) is 3.22. The molecule has 21 heavy (non-hydrogen) atoms. The summed E-state index contributed by atoms with van der Waals surface area (Å²) >= 11 is 0. The number of hydrogen-bond acceptors (Lipinski definition) is 6. The van der Waals surface area contributed by atoms with E-state index in [2.05, 4.69) is 0 Å². The van der Waals surface area contributed by atoms with E-state index >= 15 is 0 Å². The first kappa shape index (κ1) is 15.9. The largest absolute Gasteiger partial charge is 0.335 e. The maximum absolute atomic E-state index is 11.8. The predicted molar refractivity (Wildman–Crippen MR) is 72.5 cm³/mol. The summed E-state index contributed by atoms with van der Waals surface area (Å²) in [6.45, 7) is 1.68. The quantitative estimate of drug-likeness (QED) is 0.456. The molecule has 0 saturated carbocycles. The Balaban J connectivity index is 2.00. The first-order valence-corrected chi connectivity index (χ1v) is 8.37. The number of imide groups is 2. The molecular formula is C11H18N4O5S. The summed E-state index contributed by atoms with van der Waals surface area (Å²) in [6, 6.07) is -0.644. The van der Waals surface area contributed by atoms with Crippen molar-refractivity contribution in [2.45, 2.75) is 6.42 Å². The molecule has 10 heteroatoms. The summed E-state index contributed by atoms with van der Waals surface area (Å²) in [5.74, 6) is -1.68. The zero-order valence-electron chi connectivity index (χ0n) is 12.0. The Labute approximate surface area is 123 Å². The topological polar surface area (TPSA) is 98.3 Å². The van der Waals surface area contributed by atoms with E-state index in [9.17, 15) is 22.8 Å². The van der Waals surface area contributed by atoms with E-state index in [1.807, 2.05) is 0 Å². The lowest BCUT2D eigenvalue weighted by atomic mass is 10.4. The van der Waals surface area contributed by atoms with Crippen LogP contribution in [0.1, 0.15) is 6.42 Å². The number of carbonyl (C=O) groups excluding carboxylic acids is 3. The Morgan fingerprint density at radius 2 is 1.67 bits per heavy atom. The summed E-state index contributed by atoms with van der Waals surface area (Å²) < 4.78 is 24.4. The Morgan fingerprint density at radius 3 is 2.19 bits per heavy atom. The minimum atomic E-state index is -3.24. The molecule has 2 saturated heterocycles. The third-order valence-corrected chi connectivity index (χ3v) is 4.91. The third-order valence-electron chi connectivity index (χ3n) is 3.61. The van der Waals surface area contributed by atoms with Crippen LogP contribution in [0.5, 0.6) is 0 Å². The zero-order valence-corrected chi connectivity index (χ0v) is 12.8.